The number of amides is 1. The molecule has 0 bridgehead atoms. The molecule has 1 aliphatic rings. The minimum absolute atomic E-state index is 0.00482. The Kier molecular flexibility index (Phi) is 6.44. The average molecular weight is 446 g/mol. The molecule has 0 aliphatic heterocycles. The van der Waals surface area contributed by atoms with Crippen molar-refractivity contribution in [3.63, 3.8) is 0 Å². The number of rotatable bonds is 5. The van der Waals surface area contributed by atoms with Crippen LogP contribution in [0.2, 0.25) is 5.02 Å². The summed E-state index contributed by atoms with van der Waals surface area (Å²) >= 11 is 5.92. The molecule has 0 unspecified atom stereocenters. The number of fused-ring (bicyclic) bond motifs is 3. The molecule has 3 aromatic rings. The van der Waals surface area contributed by atoms with Gasteiger partial charge < -0.3 is 15.2 Å². The summed E-state index contributed by atoms with van der Waals surface area (Å²) in [4.78, 5) is 23.4. The lowest BCUT2D eigenvalue weighted by molar-refractivity contribution is 0.0696. The van der Waals surface area contributed by atoms with E-state index in [-0.39, 0.29) is 24.6 Å². The largest absolute Gasteiger partial charge is 0.478 e. The number of carbonyl (C=O) groups excluding carboxylic acids is 1. The van der Waals surface area contributed by atoms with Crippen LogP contribution in [0.25, 0.3) is 11.1 Å². The third-order valence-electron chi connectivity index (χ3n) is 5.30. The van der Waals surface area contributed by atoms with Gasteiger partial charge in [0.1, 0.15) is 6.61 Å². The first-order chi connectivity index (χ1) is 15.5. The number of carbonyl (C=O) groups is 2. The Balaban J connectivity index is 1.31. The van der Waals surface area contributed by atoms with E-state index in [9.17, 15) is 14.7 Å². The summed E-state index contributed by atoms with van der Waals surface area (Å²) in [6.45, 7) is 0.530. The minimum atomic E-state index is -1.07. The van der Waals surface area contributed by atoms with Gasteiger partial charge in [0.05, 0.1) is 5.56 Å². The van der Waals surface area contributed by atoms with Gasteiger partial charge in [-0.1, -0.05) is 72.0 Å². The highest BCUT2D eigenvalue weighted by atomic mass is 35.5. The van der Waals surface area contributed by atoms with Gasteiger partial charge in [0.25, 0.3) is 0 Å². The number of halogens is 1. The summed E-state index contributed by atoms with van der Waals surface area (Å²) in [6, 6.07) is 20.7. The van der Waals surface area contributed by atoms with Crippen LogP contribution in [0.5, 0.6) is 0 Å². The van der Waals surface area contributed by atoms with Crippen molar-refractivity contribution in [2.24, 2.45) is 0 Å². The molecule has 160 valence electrons. The van der Waals surface area contributed by atoms with Gasteiger partial charge in [-0.05, 0) is 40.5 Å². The third kappa shape index (κ3) is 4.61. The lowest BCUT2D eigenvalue weighted by Crippen LogP contribution is -2.26. The first-order valence-corrected chi connectivity index (χ1v) is 10.5. The van der Waals surface area contributed by atoms with Gasteiger partial charge in [0.15, 0.2) is 0 Å². The van der Waals surface area contributed by atoms with Gasteiger partial charge in [0, 0.05) is 29.5 Å². The minimum Gasteiger partial charge on any atom is -0.478 e. The van der Waals surface area contributed by atoms with Crippen molar-refractivity contribution >= 4 is 23.7 Å². The molecule has 4 rings (SSSR count). The standard InChI is InChI=1S/C26H20ClNO4/c27-18-12-13-19(25(29)30)17(15-18)7-5-6-14-28-26(31)32-16-24-22-10-3-1-8-20(22)21-9-2-4-11-23(21)24/h1-4,8-13,15,24H,6,14,16H2,(H,28,31)(H,29,30). The van der Waals surface area contributed by atoms with Gasteiger partial charge in [0.2, 0.25) is 0 Å². The molecule has 1 aliphatic carbocycles. The molecule has 0 saturated carbocycles. The van der Waals surface area contributed by atoms with Gasteiger partial charge in [-0.2, -0.15) is 0 Å². The molecule has 0 saturated heterocycles. The lowest BCUT2D eigenvalue weighted by atomic mass is 9.98. The SMILES string of the molecule is O=C(NCCC#Cc1cc(Cl)ccc1C(=O)O)OCC1c2ccccc2-c2ccccc21. The fraction of sp³-hybridized carbons (Fsp3) is 0.154. The van der Waals surface area contributed by atoms with Crippen molar-refractivity contribution in [1.29, 1.82) is 0 Å². The predicted octanol–water partition coefficient (Wildman–Crippen LogP) is 5.32. The summed E-state index contributed by atoms with van der Waals surface area (Å²) in [5.41, 5.74) is 5.09. The van der Waals surface area contributed by atoms with Gasteiger partial charge in [-0.3, -0.25) is 0 Å². The zero-order valence-corrected chi connectivity index (χ0v) is 17.9. The number of hydrogen-bond donors (Lipinski definition) is 2. The maximum absolute atomic E-state index is 12.2. The normalized spacial score (nSPS) is 11.7. The van der Waals surface area contributed by atoms with Crippen LogP contribution in [0, 0.1) is 11.8 Å². The topological polar surface area (TPSA) is 75.6 Å². The van der Waals surface area contributed by atoms with E-state index in [0.29, 0.717) is 17.0 Å². The molecule has 0 spiro atoms. The summed E-state index contributed by atoms with van der Waals surface area (Å²) in [5.74, 6) is 4.60. The molecule has 0 fully saturated rings. The zero-order valence-electron chi connectivity index (χ0n) is 17.1. The molecule has 2 N–H and O–H groups in total. The molecule has 0 aromatic heterocycles. The van der Waals surface area contributed by atoms with Crippen LogP contribution in [0.4, 0.5) is 4.79 Å². The van der Waals surface area contributed by atoms with E-state index in [1.807, 2.05) is 24.3 Å². The Hall–Kier alpha value is -3.75. The lowest BCUT2D eigenvalue weighted by Gasteiger charge is -2.14. The Bertz CT molecular complexity index is 1200. The molecule has 0 radical (unpaired) electrons. The number of alkyl carbamates (subject to hydrolysis) is 1. The Labute approximate surface area is 191 Å². The Morgan fingerprint density at radius 3 is 2.31 bits per heavy atom. The van der Waals surface area contributed by atoms with Crippen molar-refractivity contribution in [3.8, 4) is 23.0 Å². The molecule has 5 nitrogen and oxygen atoms in total. The second kappa shape index (κ2) is 9.59. The fourth-order valence-corrected chi connectivity index (χ4v) is 4.01. The van der Waals surface area contributed by atoms with E-state index in [4.69, 9.17) is 16.3 Å². The fourth-order valence-electron chi connectivity index (χ4n) is 3.84. The van der Waals surface area contributed by atoms with Crippen LogP contribution in [0.1, 0.15) is 39.4 Å². The van der Waals surface area contributed by atoms with Crippen LogP contribution in [-0.4, -0.2) is 30.3 Å². The number of ether oxygens (including phenoxy) is 1. The van der Waals surface area contributed by atoms with Crippen LogP contribution >= 0.6 is 11.6 Å². The predicted molar refractivity (Wildman–Crippen MR) is 123 cm³/mol. The van der Waals surface area contributed by atoms with Crippen LogP contribution in [0.3, 0.4) is 0 Å². The smallest absolute Gasteiger partial charge is 0.407 e. The molecule has 32 heavy (non-hydrogen) atoms. The van der Waals surface area contributed by atoms with E-state index in [1.165, 1.54) is 29.3 Å². The van der Waals surface area contributed by atoms with E-state index >= 15 is 0 Å². The second-order valence-corrected chi connectivity index (χ2v) is 7.74. The third-order valence-corrected chi connectivity index (χ3v) is 5.53. The number of aromatic carboxylic acids is 1. The molecule has 3 aromatic carbocycles. The van der Waals surface area contributed by atoms with E-state index in [1.54, 1.807) is 0 Å². The summed E-state index contributed by atoms with van der Waals surface area (Å²) < 4.78 is 5.48. The number of nitrogens with one attached hydrogen (secondary N) is 1. The zero-order chi connectivity index (χ0) is 22.5. The van der Waals surface area contributed by atoms with Crippen molar-refractivity contribution in [1.82, 2.24) is 5.32 Å². The van der Waals surface area contributed by atoms with Crippen molar-refractivity contribution in [2.75, 3.05) is 13.2 Å². The van der Waals surface area contributed by atoms with Crippen molar-refractivity contribution in [2.45, 2.75) is 12.3 Å². The number of carboxylic acids is 1. The number of carboxylic acid groups (broad SMARTS) is 1. The Morgan fingerprint density at radius 2 is 1.66 bits per heavy atom. The highest BCUT2D eigenvalue weighted by Gasteiger charge is 2.28. The number of benzene rings is 3. The quantitative estimate of drug-likeness (QED) is 0.411. The average Bonchev–Trinajstić information content (AvgIpc) is 3.11. The molecule has 1 amide bonds. The van der Waals surface area contributed by atoms with Crippen LogP contribution in [-0.2, 0) is 4.74 Å². The highest BCUT2D eigenvalue weighted by molar-refractivity contribution is 6.30. The van der Waals surface area contributed by atoms with E-state index < -0.39 is 12.1 Å². The number of hydrogen-bond acceptors (Lipinski definition) is 3. The van der Waals surface area contributed by atoms with E-state index in [2.05, 4.69) is 41.4 Å². The monoisotopic (exact) mass is 445 g/mol. The highest BCUT2D eigenvalue weighted by Crippen LogP contribution is 2.44. The van der Waals surface area contributed by atoms with Crippen LogP contribution < -0.4 is 5.32 Å². The van der Waals surface area contributed by atoms with Gasteiger partial charge >= 0.3 is 12.1 Å². The van der Waals surface area contributed by atoms with Gasteiger partial charge in [-0.15, -0.1) is 0 Å². The van der Waals surface area contributed by atoms with Gasteiger partial charge in [-0.25, -0.2) is 9.59 Å². The summed E-state index contributed by atoms with van der Waals surface area (Å²) in [7, 11) is 0. The summed E-state index contributed by atoms with van der Waals surface area (Å²) in [6.07, 6.45) is -0.168. The first-order valence-electron chi connectivity index (χ1n) is 10.1. The maximum Gasteiger partial charge on any atom is 0.407 e. The second-order valence-electron chi connectivity index (χ2n) is 7.30. The molecular formula is C26H20ClNO4. The Morgan fingerprint density at radius 1 is 1.00 bits per heavy atom. The van der Waals surface area contributed by atoms with Crippen LogP contribution in [0.15, 0.2) is 66.7 Å². The van der Waals surface area contributed by atoms with Crippen molar-refractivity contribution in [3.05, 3.63) is 94.0 Å². The van der Waals surface area contributed by atoms with E-state index in [0.717, 1.165) is 11.1 Å². The molecule has 0 heterocycles. The first kappa shape index (κ1) is 21.5. The molecule has 0 atom stereocenters. The maximum atomic E-state index is 12.2. The molecule has 6 heteroatoms. The molecular weight excluding hydrogens is 426 g/mol. The van der Waals surface area contributed by atoms with Crippen molar-refractivity contribution < 1.29 is 19.4 Å². The summed E-state index contributed by atoms with van der Waals surface area (Å²) in [5, 5.41) is 12.3.